The van der Waals surface area contributed by atoms with Crippen LogP contribution >= 0.6 is 11.3 Å². The Kier molecular flexibility index (Phi) is 9.27. The number of hydrogen-bond acceptors (Lipinski definition) is 2. The summed E-state index contributed by atoms with van der Waals surface area (Å²) in [6.45, 7) is 0. The molecule has 0 fully saturated rings. The van der Waals surface area contributed by atoms with Gasteiger partial charge in [-0.05, 0) is 126 Å². The van der Waals surface area contributed by atoms with Crippen LogP contribution in [0.25, 0.3) is 53.6 Å². The molecule has 0 bridgehead atoms. The van der Waals surface area contributed by atoms with Crippen LogP contribution in [0, 0.1) is 0 Å². The highest BCUT2D eigenvalue weighted by Crippen LogP contribution is 2.65. The maximum absolute atomic E-state index is 2.51. The van der Waals surface area contributed by atoms with E-state index in [9.17, 15) is 0 Å². The van der Waals surface area contributed by atoms with Crippen LogP contribution in [0.5, 0.6) is 0 Å². The molecular formula is C68H45NS. The van der Waals surface area contributed by atoms with Gasteiger partial charge in [0.15, 0.2) is 0 Å². The van der Waals surface area contributed by atoms with Gasteiger partial charge in [0.2, 0.25) is 0 Å². The van der Waals surface area contributed by atoms with Crippen molar-refractivity contribution in [2.45, 2.75) is 10.8 Å². The predicted molar refractivity (Wildman–Crippen MR) is 294 cm³/mol. The molecule has 0 saturated carbocycles. The van der Waals surface area contributed by atoms with Gasteiger partial charge in [0, 0.05) is 37.2 Å². The molecule has 0 N–H and O–H groups in total. The first-order valence-corrected chi connectivity index (χ1v) is 25.1. The van der Waals surface area contributed by atoms with E-state index in [1.165, 1.54) is 98.1 Å². The van der Waals surface area contributed by atoms with Gasteiger partial charge in [-0.3, -0.25) is 0 Å². The Balaban J connectivity index is 1.00. The van der Waals surface area contributed by atoms with Gasteiger partial charge in [-0.2, -0.15) is 0 Å². The van der Waals surface area contributed by atoms with Crippen molar-refractivity contribution in [3.63, 3.8) is 0 Å². The molecule has 70 heavy (non-hydrogen) atoms. The number of benzene rings is 11. The van der Waals surface area contributed by atoms with Crippen molar-refractivity contribution < 1.29 is 0 Å². The largest absolute Gasteiger partial charge is 0.310 e. The molecule has 0 unspecified atom stereocenters. The summed E-state index contributed by atoms with van der Waals surface area (Å²) in [7, 11) is 0. The standard InChI is InChI=1S/C68H45NS/c1-4-19-46(20-5-1)47-35-39-51(40-36-47)69(52-41-37-48(38-42-52)54-27-18-34-65-66(54)57-26-11-17-33-64(57)70-65)53-43-44-56-55-25-10-12-28-58(55)68(63(56)45-53)61-31-15-13-29-59(61)67(49-21-6-2-7-22-49,50-23-8-3-9-24-50)60-30-14-16-32-62(60)68/h1-45H. The predicted octanol–water partition coefficient (Wildman–Crippen LogP) is 17.9. The molecule has 2 aliphatic carbocycles. The van der Waals surface area contributed by atoms with Crippen LogP contribution < -0.4 is 4.90 Å². The van der Waals surface area contributed by atoms with Crippen LogP contribution in [-0.4, -0.2) is 0 Å². The van der Waals surface area contributed by atoms with Gasteiger partial charge in [0.1, 0.15) is 0 Å². The second-order valence-electron chi connectivity index (χ2n) is 18.7. The fraction of sp³-hybridized carbons (Fsp3) is 0.0294. The van der Waals surface area contributed by atoms with Crippen LogP contribution in [0.2, 0.25) is 0 Å². The Morgan fingerprint density at radius 3 is 1.34 bits per heavy atom. The zero-order valence-corrected chi connectivity index (χ0v) is 39.2. The molecule has 2 aliphatic rings. The third kappa shape index (κ3) is 5.84. The highest BCUT2D eigenvalue weighted by Gasteiger charge is 2.56. The van der Waals surface area contributed by atoms with E-state index >= 15 is 0 Å². The zero-order valence-electron chi connectivity index (χ0n) is 38.3. The SMILES string of the molecule is c1ccc(-c2ccc(N(c3ccc(-c4cccc5sc6ccccc6c45)cc3)c3ccc4c(c3)C3(c5ccccc5-4)c4ccccc4C(c4ccccc4)(c4ccccc4)c4ccccc43)cc2)cc1. The smallest absolute Gasteiger partial charge is 0.0720 e. The first-order valence-electron chi connectivity index (χ1n) is 24.2. The highest BCUT2D eigenvalue weighted by atomic mass is 32.1. The van der Waals surface area contributed by atoms with Gasteiger partial charge in [-0.25, -0.2) is 0 Å². The third-order valence-corrected chi connectivity index (χ3v) is 16.4. The van der Waals surface area contributed by atoms with Gasteiger partial charge in [0.25, 0.3) is 0 Å². The summed E-state index contributed by atoms with van der Waals surface area (Å²) in [5.41, 5.74) is 19.9. The average molecular weight is 908 g/mol. The van der Waals surface area contributed by atoms with E-state index < -0.39 is 10.8 Å². The van der Waals surface area contributed by atoms with Crippen molar-refractivity contribution in [3.05, 3.63) is 317 Å². The molecule has 14 rings (SSSR count). The fourth-order valence-electron chi connectivity index (χ4n) is 12.4. The van der Waals surface area contributed by atoms with Crippen molar-refractivity contribution in [1.82, 2.24) is 0 Å². The molecule has 0 saturated heterocycles. The van der Waals surface area contributed by atoms with Crippen LogP contribution in [0.15, 0.2) is 273 Å². The minimum Gasteiger partial charge on any atom is -0.310 e. The van der Waals surface area contributed by atoms with E-state index in [4.69, 9.17) is 0 Å². The second-order valence-corrected chi connectivity index (χ2v) is 19.8. The van der Waals surface area contributed by atoms with E-state index in [2.05, 4.69) is 278 Å². The lowest BCUT2D eigenvalue weighted by Crippen LogP contribution is -2.44. The van der Waals surface area contributed by atoms with Crippen molar-refractivity contribution in [2.24, 2.45) is 0 Å². The maximum Gasteiger partial charge on any atom is 0.0720 e. The fourth-order valence-corrected chi connectivity index (χ4v) is 13.5. The quantitative estimate of drug-likeness (QED) is 0.154. The first kappa shape index (κ1) is 40.5. The van der Waals surface area contributed by atoms with Crippen LogP contribution in [0.4, 0.5) is 17.1 Å². The maximum atomic E-state index is 2.51. The third-order valence-electron chi connectivity index (χ3n) is 15.2. The molecule has 1 aromatic heterocycles. The number of thiophene rings is 1. The molecule has 2 heteroatoms. The second kappa shape index (κ2) is 16.0. The monoisotopic (exact) mass is 907 g/mol. The molecule has 0 radical (unpaired) electrons. The topological polar surface area (TPSA) is 3.24 Å². The number of fused-ring (bicyclic) bond motifs is 12. The van der Waals surface area contributed by atoms with Crippen molar-refractivity contribution in [1.29, 1.82) is 0 Å². The number of nitrogens with zero attached hydrogens (tertiary/aromatic N) is 1. The van der Waals surface area contributed by atoms with Gasteiger partial charge in [-0.15, -0.1) is 11.3 Å². The van der Waals surface area contributed by atoms with Gasteiger partial charge >= 0.3 is 0 Å². The van der Waals surface area contributed by atoms with Gasteiger partial charge in [-0.1, -0.05) is 224 Å². The molecular weight excluding hydrogens is 863 g/mol. The van der Waals surface area contributed by atoms with Crippen molar-refractivity contribution in [2.75, 3.05) is 4.90 Å². The lowest BCUT2D eigenvalue weighted by atomic mass is 9.51. The normalized spacial score (nSPS) is 13.7. The summed E-state index contributed by atoms with van der Waals surface area (Å²) in [5, 5.41) is 2.63. The van der Waals surface area contributed by atoms with E-state index in [0.717, 1.165) is 17.1 Å². The Morgan fingerprint density at radius 1 is 0.271 bits per heavy atom. The summed E-state index contributed by atoms with van der Waals surface area (Å²) in [6.07, 6.45) is 0. The number of rotatable bonds is 7. The van der Waals surface area contributed by atoms with E-state index in [1.54, 1.807) is 0 Å². The molecule has 0 atom stereocenters. The Labute approximate surface area is 412 Å². The Bertz CT molecular complexity index is 3840. The van der Waals surface area contributed by atoms with E-state index in [0.29, 0.717) is 0 Å². The van der Waals surface area contributed by atoms with Gasteiger partial charge in [0.05, 0.1) is 10.8 Å². The minimum absolute atomic E-state index is 0.565. The average Bonchev–Trinajstić information content (AvgIpc) is 3.96. The molecule has 328 valence electrons. The van der Waals surface area contributed by atoms with Crippen LogP contribution in [-0.2, 0) is 10.8 Å². The molecule has 0 aliphatic heterocycles. The Morgan fingerprint density at radius 2 is 0.714 bits per heavy atom. The lowest BCUT2D eigenvalue weighted by molar-refractivity contribution is 0.623. The number of hydrogen-bond donors (Lipinski definition) is 0. The molecule has 11 aromatic carbocycles. The summed E-state index contributed by atoms with van der Waals surface area (Å²) in [4.78, 5) is 2.45. The minimum atomic E-state index is -0.614. The molecule has 1 nitrogen and oxygen atoms in total. The van der Waals surface area contributed by atoms with Crippen molar-refractivity contribution in [3.8, 4) is 33.4 Å². The summed E-state index contributed by atoms with van der Waals surface area (Å²) in [5.74, 6) is 0. The van der Waals surface area contributed by atoms with Gasteiger partial charge < -0.3 is 4.90 Å². The first-order chi connectivity index (χ1) is 34.7. The highest BCUT2D eigenvalue weighted by molar-refractivity contribution is 7.25. The lowest BCUT2D eigenvalue weighted by Gasteiger charge is -2.50. The molecule has 1 heterocycles. The van der Waals surface area contributed by atoms with E-state index in [-0.39, 0.29) is 0 Å². The number of anilines is 3. The molecule has 12 aromatic rings. The Hall–Kier alpha value is -8.56. The van der Waals surface area contributed by atoms with Crippen LogP contribution in [0.3, 0.4) is 0 Å². The molecule has 1 spiro atoms. The van der Waals surface area contributed by atoms with Crippen LogP contribution in [0.1, 0.15) is 44.5 Å². The molecule has 0 amide bonds. The van der Waals surface area contributed by atoms with E-state index in [1.807, 2.05) is 11.3 Å². The summed E-state index contributed by atoms with van der Waals surface area (Å²) in [6, 6.07) is 102. The summed E-state index contributed by atoms with van der Waals surface area (Å²) >= 11 is 1.87. The summed E-state index contributed by atoms with van der Waals surface area (Å²) < 4.78 is 2.63. The van der Waals surface area contributed by atoms with Crippen molar-refractivity contribution >= 4 is 48.6 Å². The zero-order chi connectivity index (χ0) is 46.2.